The number of nitrogens with one attached hydrogen (secondary N) is 1. The summed E-state index contributed by atoms with van der Waals surface area (Å²) in [4.78, 5) is 25.3. The number of carbonyl (C=O) groups is 2. The number of dihydropyridines is 1. The minimum atomic E-state index is -4.70. The molecule has 2 rings (SSSR count). The number of benzene rings is 1. The van der Waals surface area contributed by atoms with Gasteiger partial charge in [0.15, 0.2) is 6.61 Å². The van der Waals surface area contributed by atoms with Gasteiger partial charge in [-0.25, -0.2) is 9.59 Å². The maximum absolute atomic E-state index is 13.7. The molecule has 1 aliphatic rings. The Hall–Kier alpha value is -3.21. The highest BCUT2D eigenvalue weighted by molar-refractivity contribution is 6.00. The zero-order valence-electron chi connectivity index (χ0n) is 16.1. The SMILES string of the molecule is C#CCOC(=O)C1=C(C)NC(C)=C(C(=O)OCC)C1c1ccccc1C(F)(F)F. The van der Waals surface area contributed by atoms with Crippen LogP contribution in [-0.2, 0) is 25.2 Å². The molecule has 1 aromatic carbocycles. The molecule has 0 spiro atoms. The summed E-state index contributed by atoms with van der Waals surface area (Å²) in [6.45, 7) is 4.28. The summed E-state index contributed by atoms with van der Waals surface area (Å²) in [6, 6.07) is 4.77. The predicted octanol–water partition coefficient (Wildman–Crippen LogP) is 3.68. The van der Waals surface area contributed by atoms with Gasteiger partial charge in [-0.05, 0) is 32.4 Å². The second-order valence-corrected chi connectivity index (χ2v) is 6.22. The van der Waals surface area contributed by atoms with E-state index in [4.69, 9.17) is 15.9 Å². The van der Waals surface area contributed by atoms with Gasteiger partial charge in [0.05, 0.1) is 29.2 Å². The number of terminal acetylenes is 1. The van der Waals surface area contributed by atoms with Gasteiger partial charge >= 0.3 is 18.1 Å². The molecule has 5 nitrogen and oxygen atoms in total. The summed E-state index contributed by atoms with van der Waals surface area (Å²) in [5, 5.41) is 2.86. The van der Waals surface area contributed by atoms with Crippen LogP contribution in [0.4, 0.5) is 13.2 Å². The summed E-state index contributed by atoms with van der Waals surface area (Å²) in [6.07, 6.45) is 0.416. The molecular weight excluding hydrogens is 387 g/mol. The molecule has 1 N–H and O–H groups in total. The molecule has 1 aromatic rings. The van der Waals surface area contributed by atoms with Crippen LogP contribution in [0.25, 0.3) is 0 Å². The number of allylic oxidation sites excluding steroid dienone is 2. The third-order valence-corrected chi connectivity index (χ3v) is 4.34. The van der Waals surface area contributed by atoms with Crippen molar-refractivity contribution in [1.82, 2.24) is 5.32 Å². The Morgan fingerprint density at radius 1 is 1.10 bits per heavy atom. The summed E-state index contributed by atoms with van der Waals surface area (Å²) in [5.41, 5.74) is -0.893. The first-order chi connectivity index (χ1) is 13.6. The number of halogens is 3. The van der Waals surface area contributed by atoms with Crippen molar-refractivity contribution in [1.29, 1.82) is 0 Å². The van der Waals surface area contributed by atoms with Crippen LogP contribution in [0.3, 0.4) is 0 Å². The maximum Gasteiger partial charge on any atom is 0.416 e. The molecule has 0 bridgehead atoms. The standard InChI is InChI=1S/C21H20F3NO4/c1-5-11-29-20(27)17-13(4)25-12(3)16(19(26)28-6-2)18(17)14-9-7-8-10-15(14)21(22,23)24/h1,7-10,18,25H,6,11H2,2-4H3. The zero-order valence-corrected chi connectivity index (χ0v) is 16.1. The van der Waals surface area contributed by atoms with E-state index in [-0.39, 0.29) is 41.3 Å². The van der Waals surface area contributed by atoms with E-state index >= 15 is 0 Å². The van der Waals surface area contributed by atoms with Crippen molar-refractivity contribution >= 4 is 11.9 Å². The number of alkyl halides is 3. The van der Waals surface area contributed by atoms with Gasteiger partial charge in [-0.2, -0.15) is 13.2 Å². The fraction of sp³-hybridized carbons (Fsp3) is 0.333. The Labute approximate surface area is 166 Å². The van der Waals surface area contributed by atoms with E-state index in [1.165, 1.54) is 32.0 Å². The summed E-state index contributed by atoms with van der Waals surface area (Å²) in [7, 11) is 0. The molecule has 0 aromatic heterocycles. The summed E-state index contributed by atoms with van der Waals surface area (Å²) >= 11 is 0. The van der Waals surface area contributed by atoms with Crippen molar-refractivity contribution in [2.45, 2.75) is 32.9 Å². The number of hydrogen-bond donors (Lipinski definition) is 1. The molecule has 0 radical (unpaired) electrons. The second kappa shape index (κ2) is 8.86. The highest BCUT2D eigenvalue weighted by Gasteiger charge is 2.43. The third kappa shape index (κ3) is 4.62. The van der Waals surface area contributed by atoms with Gasteiger partial charge in [-0.1, -0.05) is 24.1 Å². The lowest BCUT2D eigenvalue weighted by Crippen LogP contribution is -2.33. The number of carbonyl (C=O) groups excluding carboxylic acids is 2. The molecule has 1 unspecified atom stereocenters. The van der Waals surface area contributed by atoms with E-state index < -0.39 is 29.6 Å². The molecule has 8 heteroatoms. The van der Waals surface area contributed by atoms with Crippen LogP contribution in [0.5, 0.6) is 0 Å². The van der Waals surface area contributed by atoms with E-state index in [0.29, 0.717) is 0 Å². The van der Waals surface area contributed by atoms with Crippen molar-refractivity contribution in [3.8, 4) is 12.3 Å². The highest BCUT2D eigenvalue weighted by Crippen LogP contribution is 2.44. The largest absolute Gasteiger partial charge is 0.463 e. The van der Waals surface area contributed by atoms with E-state index in [1.807, 2.05) is 0 Å². The van der Waals surface area contributed by atoms with Gasteiger partial charge in [0.2, 0.25) is 0 Å². The minimum Gasteiger partial charge on any atom is -0.463 e. The molecule has 1 atom stereocenters. The molecule has 0 saturated heterocycles. The average Bonchev–Trinajstić information content (AvgIpc) is 2.64. The van der Waals surface area contributed by atoms with Gasteiger partial charge in [0.25, 0.3) is 0 Å². The van der Waals surface area contributed by atoms with Crippen LogP contribution in [0.1, 0.15) is 37.8 Å². The second-order valence-electron chi connectivity index (χ2n) is 6.22. The zero-order chi connectivity index (χ0) is 21.8. The topological polar surface area (TPSA) is 64.6 Å². The Bertz CT molecular complexity index is 923. The Kier molecular flexibility index (Phi) is 6.75. The van der Waals surface area contributed by atoms with Gasteiger partial charge in [0.1, 0.15) is 0 Å². The quantitative estimate of drug-likeness (QED) is 0.596. The van der Waals surface area contributed by atoms with Crippen molar-refractivity contribution in [2.75, 3.05) is 13.2 Å². The predicted molar refractivity (Wildman–Crippen MR) is 99.1 cm³/mol. The first kappa shape index (κ1) is 22.1. The van der Waals surface area contributed by atoms with Crippen LogP contribution >= 0.6 is 0 Å². The fourth-order valence-corrected chi connectivity index (χ4v) is 3.25. The lowest BCUT2D eigenvalue weighted by atomic mass is 9.78. The molecule has 154 valence electrons. The molecule has 1 aliphatic heterocycles. The first-order valence-corrected chi connectivity index (χ1v) is 8.75. The minimum absolute atomic E-state index is 0.0167. The van der Waals surface area contributed by atoms with Crippen LogP contribution in [0.15, 0.2) is 46.8 Å². The van der Waals surface area contributed by atoms with Crippen molar-refractivity contribution in [3.63, 3.8) is 0 Å². The average molecular weight is 407 g/mol. The lowest BCUT2D eigenvalue weighted by molar-refractivity contribution is -0.141. The first-order valence-electron chi connectivity index (χ1n) is 8.75. The normalized spacial score (nSPS) is 16.8. The molecule has 29 heavy (non-hydrogen) atoms. The number of rotatable bonds is 5. The molecule has 0 amide bonds. The van der Waals surface area contributed by atoms with Crippen LogP contribution < -0.4 is 5.32 Å². The third-order valence-electron chi connectivity index (χ3n) is 4.34. The Morgan fingerprint density at radius 2 is 1.66 bits per heavy atom. The maximum atomic E-state index is 13.7. The number of ether oxygens (including phenoxy) is 2. The highest BCUT2D eigenvalue weighted by atomic mass is 19.4. The number of hydrogen-bond acceptors (Lipinski definition) is 5. The van der Waals surface area contributed by atoms with Gasteiger partial charge < -0.3 is 14.8 Å². The van der Waals surface area contributed by atoms with Crippen LogP contribution in [0, 0.1) is 12.3 Å². The molecule has 0 aliphatic carbocycles. The van der Waals surface area contributed by atoms with Gasteiger partial charge in [-0.3, -0.25) is 0 Å². The van der Waals surface area contributed by atoms with Crippen molar-refractivity contribution in [3.05, 3.63) is 57.9 Å². The molecule has 0 fully saturated rings. The van der Waals surface area contributed by atoms with Crippen LogP contribution in [0.2, 0.25) is 0 Å². The fourth-order valence-electron chi connectivity index (χ4n) is 3.25. The van der Waals surface area contributed by atoms with E-state index in [0.717, 1.165) is 6.07 Å². The van der Waals surface area contributed by atoms with E-state index in [9.17, 15) is 22.8 Å². The molecular formula is C21H20F3NO4. The molecule has 1 heterocycles. The Balaban J connectivity index is 2.76. The Morgan fingerprint density at radius 3 is 2.17 bits per heavy atom. The van der Waals surface area contributed by atoms with Gasteiger partial charge in [-0.15, -0.1) is 6.42 Å². The molecule has 0 saturated carbocycles. The smallest absolute Gasteiger partial charge is 0.416 e. The summed E-state index contributed by atoms with van der Waals surface area (Å²) < 4.78 is 51.1. The van der Waals surface area contributed by atoms with E-state index in [2.05, 4.69) is 11.2 Å². The lowest BCUT2D eigenvalue weighted by Gasteiger charge is -2.31. The number of esters is 2. The monoisotopic (exact) mass is 407 g/mol. The van der Waals surface area contributed by atoms with Crippen molar-refractivity contribution < 1.29 is 32.2 Å². The van der Waals surface area contributed by atoms with Crippen molar-refractivity contribution in [2.24, 2.45) is 0 Å². The van der Waals surface area contributed by atoms with Gasteiger partial charge in [0, 0.05) is 11.4 Å². The summed E-state index contributed by atoms with van der Waals surface area (Å²) in [5.74, 6) is -0.936. The van der Waals surface area contributed by atoms with Crippen LogP contribution in [-0.4, -0.2) is 25.2 Å². The van der Waals surface area contributed by atoms with E-state index in [1.54, 1.807) is 6.92 Å².